The topological polar surface area (TPSA) is 46.6 Å². The molecule has 1 aliphatic heterocycles. The molecule has 0 radical (unpaired) electrons. The largest absolute Gasteiger partial charge is 0.444 e. The van der Waals surface area contributed by atoms with Gasteiger partial charge in [-0.3, -0.25) is 9.69 Å². The van der Waals surface area contributed by atoms with Crippen LogP contribution in [0.1, 0.15) is 53.4 Å². The predicted octanol–water partition coefficient (Wildman–Crippen LogP) is 2.76. The SMILES string of the molecule is CCC(=O)C1CCCCN1C(=O)OC(C)(C)C. The van der Waals surface area contributed by atoms with Gasteiger partial charge in [-0.25, -0.2) is 4.79 Å². The minimum absolute atomic E-state index is 0.135. The van der Waals surface area contributed by atoms with Crippen LogP contribution < -0.4 is 0 Å². The molecule has 1 unspecified atom stereocenters. The van der Waals surface area contributed by atoms with Crippen LogP contribution in [-0.2, 0) is 9.53 Å². The molecule has 0 aromatic carbocycles. The van der Waals surface area contributed by atoms with Crippen LogP contribution >= 0.6 is 0 Å². The van der Waals surface area contributed by atoms with Crippen molar-refractivity contribution in [2.45, 2.75) is 65.0 Å². The Labute approximate surface area is 103 Å². The minimum Gasteiger partial charge on any atom is -0.444 e. The molecular weight excluding hydrogens is 218 g/mol. The molecule has 0 spiro atoms. The van der Waals surface area contributed by atoms with Crippen LogP contribution in [0.25, 0.3) is 0 Å². The highest BCUT2D eigenvalue weighted by molar-refractivity contribution is 5.87. The molecule has 0 N–H and O–H groups in total. The molecule has 4 nitrogen and oxygen atoms in total. The lowest BCUT2D eigenvalue weighted by atomic mass is 9.98. The molecule has 1 fully saturated rings. The zero-order chi connectivity index (χ0) is 13.1. The Morgan fingerprint density at radius 3 is 2.47 bits per heavy atom. The molecule has 1 saturated heterocycles. The first kappa shape index (κ1) is 14.0. The third-order valence-corrected chi connectivity index (χ3v) is 2.85. The number of piperidine rings is 1. The van der Waals surface area contributed by atoms with Crippen molar-refractivity contribution < 1.29 is 14.3 Å². The summed E-state index contributed by atoms with van der Waals surface area (Å²) >= 11 is 0. The average Bonchev–Trinajstić information content (AvgIpc) is 2.25. The van der Waals surface area contributed by atoms with Crippen molar-refractivity contribution in [1.82, 2.24) is 4.90 Å². The van der Waals surface area contributed by atoms with Crippen molar-refractivity contribution in [1.29, 1.82) is 0 Å². The molecule has 0 aliphatic carbocycles. The molecule has 1 atom stereocenters. The van der Waals surface area contributed by atoms with E-state index in [-0.39, 0.29) is 17.9 Å². The molecule has 98 valence electrons. The first-order valence-corrected chi connectivity index (χ1v) is 6.37. The normalized spacial score (nSPS) is 21.2. The van der Waals surface area contributed by atoms with Crippen molar-refractivity contribution in [2.24, 2.45) is 0 Å². The predicted molar refractivity (Wildman–Crippen MR) is 65.9 cm³/mol. The van der Waals surface area contributed by atoms with Gasteiger partial charge in [-0.2, -0.15) is 0 Å². The number of hydrogen-bond acceptors (Lipinski definition) is 3. The van der Waals surface area contributed by atoms with E-state index in [0.717, 1.165) is 19.3 Å². The number of hydrogen-bond donors (Lipinski definition) is 0. The minimum atomic E-state index is -0.506. The van der Waals surface area contributed by atoms with Gasteiger partial charge in [0.25, 0.3) is 0 Å². The number of rotatable bonds is 2. The van der Waals surface area contributed by atoms with E-state index in [9.17, 15) is 9.59 Å². The van der Waals surface area contributed by atoms with Crippen molar-refractivity contribution in [2.75, 3.05) is 6.54 Å². The van der Waals surface area contributed by atoms with E-state index >= 15 is 0 Å². The fourth-order valence-electron chi connectivity index (χ4n) is 2.04. The van der Waals surface area contributed by atoms with Gasteiger partial charge in [-0.05, 0) is 40.0 Å². The standard InChI is InChI=1S/C13H23NO3/c1-5-11(15)10-8-6-7-9-14(10)12(16)17-13(2,3)4/h10H,5-9H2,1-4H3. The highest BCUT2D eigenvalue weighted by atomic mass is 16.6. The zero-order valence-corrected chi connectivity index (χ0v) is 11.3. The molecular formula is C13H23NO3. The molecule has 0 aromatic rings. The molecule has 4 heteroatoms. The lowest BCUT2D eigenvalue weighted by Crippen LogP contribution is -2.49. The number of amides is 1. The summed E-state index contributed by atoms with van der Waals surface area (Å²) in [4.78, 5) is 25.4. The van der Waals surface area contributed by atoms with E-state index in [1.807, 2.05) is 27.7 Å². The molecule has 1 rings (SSSR count). The van der Waals surface area contributed by atoms with Gasteiger partial charge < -0.3 is 4.74 Å². The summed E-state index contributed by atoms with van der Waals surface area (Å²) in [6.07, 6.45) is 2.85. The van der Waals surface area contributed by atoms with Gasteiger partial charge in [0.2, 0.25) is 0 Å². The maximum absolute atomic E-state index is 12.0. The lowest BCUT2D eigenvalue weighted by Gasteiger charge is -2.35. The van der Waals surface area contributed by atoms with Crippen LogP contribution in [0.5, 0.6) is 0 Å². The van der Waals surface area contributed by atoms with Gasteiger partial charge in [0.1, 0.15) is 5.60 Å². The van der Waals surface area contributed by atoms with E-state index in [0.29, 0.717) is 13.0 Å². The Bertz CT molecular complexity index is 294. The number of ether oxygens (including phenoxy) is 1. The van der Waals surface area contributed by atoms with E-state index in [1.54, 1.807) is 4.90 Å². The Kier molecular flexibility index (Phi) is 4.54. The Morgan fingerprint density at radius 2 is 1.94 bits per heavy atom. The fraction of sp³-hybridized carbons (Fsp3) is 0.846. The number of nitrogens with zero attached hydrogens (tertiary/aromatic N) is 1. The van der Waals surface area contributed by atoms with Gasteiger partial charge in [0.15, 0.2) is 5.78 Å². The van der Waals surface area contributed by atoms with E-state index in [2.05, 4.69) is 0 Å². The number of carbonyl (C=O) groups excluding carboxylic acids is 2. The monoisotopic (exact) mass is 241 g/mol. The number of ketones is 1. The maximum atomic E-state index is 12.0. The molecule has 1 amide bonds. The molecule has 0 saturated carbocycles. The second-order valence-corrected chi connectivity index (χ2v) is 5.51. The summed E-state index contributed by atoms with van der Waals surface area (Å²) in [6.45, 7) is 7.98. The van der Waals surface area contributed by atoms with Gasteiger partial charge in [0, 0.05) is 13.0 Å². The van der Waals surface area contributed by atoms with Crippen molar-refractivity contribution >= 4 is 11.9 Å². The highest BCUT2D eigenvalue weighted by Gasteiger charge is 2.33. The van der Waals surface area contributed by atoms with Crippen LogP contribution in [0.3, 0.4) is 0 Å². The smallest absolute Gasteiger partial charge is 0.410 e. The van der Waals surface area contributed by atoms with Crippen molar-refractivity contribution in [3.63, 3.8) is 0 Å². The van der Waals surface area contributed by atoms with Crippen molar-refractivity contribution in [3.8, 4) is 0 Å². The van der Waals surface area contributed by atoms with Crippen LogP contribution in [0.4, 0.5) is 4.79 Å². The second-order valence-electron chi connectivity index (χ2n) is 5.51. The Hall–Kier alpha value is -1.06. The molecule has 1 aliphatic rings. The van der Waals surface area contributed by atoms with Crippen LogP contribution in [0.2, 0.25) is 0 Å². The molecule has 1 heterocycles. The van der Waals surface area contributed by atoms with Crippen LogP contribution in [-0.4, -0.2) is 35.0 Å². The van der Waals surface area contributed by atoms with E-state index in [1.165, 1.54) is 0 Å². The van der Waals surface area contributed by atoms with Gasteiger partial charge in [-0.15, -0.1) is 0 Å². The number of carbonyl (C=O) groups is 2. The maximum Gasteiger partial charge on any atom is 0.410 e. The summed E-state index contributed by atoms with van der Waals surface area (Å²) in [6, 6.07) is -0.274. The third kappa shape index (κ3) is 4.02. The zero-order valence-electron chi connectivity index (χ0n) is 11.3. The average molecular weight is 241 g/mol. The van der Waals surface area contributed by atoms with Gasteiger partial charge in [0.05, 0.1) is 6.04 Å². The van der Waals surface area contributed by atoms with Crippen LogP contribution in [0.15, 0.2) is 0 Å². The summed E-state index contributed by atoms with van der Waals surface area (Å²) < 4.78 is 5.34. The second kappa shape index (κ2) is 5.52. The molecule has 0 aromatic heterocycles. The highest BCUT2D eigenvalue weighted by Crippen LogP contribution is 2.21. The van der Waals surface area contributed by atoms with Gasteiger partial charge >= 0.3 is 6.09 Å². The van der Waals surface area contributed by atoms with Crippen molar-refractivity contribution in [3.05, 3.63) is 0 Å². The van der Waals surface area contributed by atoms with E-state index < -0.39 is 5.60 Å². The van der Waals surface area contributed by atoms with Gasteiger partial charge in [-0.1, -0.05) is 6.92 Å². The first-order valence-electron chi connectivity index (χ1n) is 6.37. The summed E-state index contributed by atoms with van der Waals surface area (Å²) in [7, 11) is 0. The summed E-state index contributed by atoms with van der Waals surface area (Å²) in [5.41, 5.74) is -0.506. The summed E-state index contributed by atoms with van der Waals surface area (Å²) in [5.74, 6) is 0.135. The summed E-state index contributed by atoms with van der Waals surface area (Å²) in [5, 5.41) is 0. The third-order valence-electron chi connectivity index (χ3n) is 2.85. The first-order chi connectivity index (χ1) is 7.85. The Balaban J connectivity index is 2.71. The number of likely N-dealkylation sites (tertiary alicyclic amines) is 1. The lowest BCUT2D eigenvalue weighted by molar-refractivity contribution is -0.125. The number of Topliss-reactive ketones (excluding diaryl/α,β-unsaturated/α-hetero) is 1. The molecule has 17 heavy (non-hydrogen) atoms. The Morgan fingerprint density at radius 1 is 1.29 bits per heavy atom. The quantitative estimate of drug-likeness (QED) is 0.746. The van der Waals surface area contributed by atoms with Crippen LogP contribution in [0, 0.1) is 0 Å². The fourth-order valence-corrected chi connectivity index (χ4v) is 2.04. The molecule has 0 bridgehead atoms. The van der Waals surface area contributed by atoms with E-state index in [4.69, 9.17) is 4.74 Å².